The summed E-state index contributed by atoms with van der Waals surface area (Å²) in [5.41, 5.74) is 1.10. The summed E-state index contributed by atoms with van der Waals surface area (Å²) in [6.45, 7) is 5.46. The van der Waals surface area contributed by atoms with Gasteiger partial charge in [0.05, 0.1) is 0 Å². The maximum Gasteiger partial charge on any atom is 0.222 e. The molecular weight excluding hydrogens is 328 g/mol. The molecule has 0 bridgehead atoms. The highest BCUT2D eigenvalue weighted by molar-refractivity contribution is 5.81. The fourth-order valence-electron chi connectivity index (χ4n) is 2.38. The van der Waals surface area contributed by atoms with E-state index in [0.29, 0.717) is 26.1 Å². The number of amides is 1. The van der Waals surface area contributed by atoms with Crippen molar-refractivity contribution in [2.45, 2.75) is 32.9 Å². The zero-order valence-electron chi connectivity index (χ0n) is 15.3. The quantitative estimate of drug-likeness (QED) is 0.342. The number of aryl methyl sites for hydroxylation is 1. The van der Waals surface area contributed by atoms with Gasteiger partial charge in [-0.2, -0.15) is 5.10 Å². The maximum atomic E-state index is 11.9. The highest BCUT2D eigenvalue weighted by Crippen LogP contribution is 1.97. The molecule has 0 atom stereocenters. The standard InChI is InChI=1S/C19H28N6O/c1-2-20-19(21-11-6-14-25-15-7-12-24-25)22-13-10-18(26)23-16-17-8-4-3-5-9-17/h3-5,7-9,12,15H,2,6,10-11,13-14,16H2,1H3,(H,23,26)(H2,20,21,22). The molecule has 1 aromatic carbocycles. The van der Waals surface area contributed by atoms with Crippen molar-refractivity contribution >= 4 is 11.9 Å². The van der Waals surface area contributed by atoms with Crippen LogP contribution < -0.4 is 16.0 Å². The van der Waals surface area contributed by atoms with Crippen LogP contribution in [0.15, 0.2) is 53.8 Å². The Hall–Kier alpha value is -2.83. The fourth-order valence-corrected chi connectivity index (χ4v) is 2.38. The summed E-state index contributed by atoms with van der Waals surface area (Å²) in [7, 11) is 0. The molecule has 1 amide bonds. The van der Waals surface area contributed by atoms with Crippen LogP contribution in [0.5, 0.6) is 0 Å². The molecule has 1 aromatic heterocycles. The Morgan fingerprint density at radius 3 is 2.73 bits per heavy atom. The van der Waals surface area contributed by atoms with E-state index in [1.807, 2.05) is 54.2 Å². The fraction of sp³-hybridized carbons (Fsp3) is 0.421. The minimum atomic E-state index is 0.0240. The second kappa shape index (κ2) is 11.7. The number of guanidine groups is 1. The SMILES string of the molecule is CCNC(=NCCCn1cccn1)NCCC(=O)NCc1ccccc1. The number of hydrogen-bond acceptors (Lipinski definition) is 3. The van der Waals surface area contributed by atoms with Gasteiger partial charge in [-0.1, -0.05) is 30.3 Å². The molecule has 0 aliphatic carbocycles. The van der Waals surface area contributed by atoms with Crippen LogP contribution in [0.2, 0.25) is 0 Å². The van der Waals surface area contributed by atoms with E-state index in [2.05, 4.69) is 26.0 Å². The van der Waals surface area contributed by atoms with E-state index >= 15 is 0 Å². The minimum absolute atomic E-state index is 0.0240. The highest BCUT2D eigenvalue weighted by Gasteiger charge is 2.03. The van der Waals surface area contributed by atoms with Crippen molar-refractivity contribution in [2.75, 3.05) is 19.6 Å². The van der Waals surface area contributed by atoms with Gasteiger partial charge in [-0.25, -0.2) is 0 Å². The van der Waals surface area contributed by atoms with E-state index in [4.69, 9.17) is 0 Å². The molecule has 3 N–H and O–H groups in total. The number of nitrogens with one attached hydrogen (secondary N) is 3. The molecule has 2 aromatic rings. The van der Waals surface area contributed by atoms with E-state index in [-0.39, 0.29) is 5.91 Å². The van der Waals surface area contributed by atoms with Gasteiger partial charge in [0.2, 0.25) is 5.91 Å². The molecule has 140 valence electrons. The van der Waals surface area contributed by atoms with Gasteiger partial charge in [-0.15, -0.1) is 0 Å². The Labute approximate surface area is 154 Å². The Morgan fingerprint density at radius 2 is 2.00 bits per heavy atom. The molecule has 7 nitrogen and oxygen atoms in total. The third kappa shape index (κ3) is 7.83. The average molecular weight is 356 g/mol. The second-order valence-electron chi connectivity index (χ2n) is 5.82. The smallest absolute Gasteiger partial charge is 0.222 e. The first-order valence-corrected chi connectivity index (χ1v) is 9.08. The largest absolute Gasteiger partial charge is 0.357 e. The average Bonchev–Trinajstić information content (AvgIpc) is 3.18. The van der Waals surface area contributed by atoms with Crippen LogP contribution in [0.3, 0.4) is 0 Å². The summed E-state index contributed by atoms with van der Waals surface area (Å²) in [5, 5.41) is 13.5. The lowest BCUT2D eigenvalue weighted by Crippen LogP contribution is -2.39. The van der Waals surface area contributed by atoms with Gasteiger partial charge in [0.1, 0.15) is 0 Å². The molecule has 0 aliphatic rings. The molecule has 0 radical (unpaired) electrons. The maximum absolute atomic E-state index is 11.9. The molecule has 0 aliphatic heterocycles. The number of rotatable bonds is 10. The number of hydrogen-bond donors (Lipinski definition) is 3. The summed E-state index contributed by atoms with van der Waals surface area (Å²) < 4.78 is 1.90. The second-order valence-corrected chi connectivity index (χ2v) is 5.82. The van der Waals surface area contributed by atoms with Crippen molar-refractivity contribution in [3.63, 3.8) is 0 Å². The molecule has 0 spiro atoms. The lowest BCUT2D eigenvalue weighted by atomic mass is 10.2. The van der Waals surface area contributed by atoms with Crippen LogP contribution in [-0.4, -0.2) is 41.3 Å². The van der Waals surface area contributed by atoms with E-state index in [9.17, 15) is 4.79 Å². The molecule has 1 heterocycles. The van der Waals surface area contributed by atoms with Gasteiger partial charge in [-0.05, 0) is 25.0 Å². The van der Waals surface area contributed by atoms with Crippen molar-refractivity contribution < 1.29 is 4.79 Å². The molecular formula is C19H28N6O. The molecule has 0 unspecified atom stereocenters. The molecule has 0 fully saturated rings. The Morgan fingerprint density at radius 1 is 1.15 bits per heavy atom. The zero-order chi connectivity index (χ0) is 18.5. The summed E-state index contributed by atoms with van der Waals surface area (Å²) in [5.74, 6) is 0.764. The third-order valence-corrected chi connectivity index (χ3v) is 3.70. The Kier molecular flexibility index (Phi) is 8.76. The predicted octanol–water partition coefficient (Wildman–Crippen LogP) is 1.53. The van der Waals surface area contributed by atoms with Gasteiger partial charge >= 0.3 is 0 Å². The Bertz CT molecular complexity index is 654. The summed E-state index contributed by atoms with van der Waals surface area (Å²) >= 11 is 0. The molecule has 2 rings (SSSR count). The van der Waals surface area contributed by atoms with Crippen molar-refractivity contribution in [1.82, 2.24) is 25.7 Å². The van der Waals surface area contributed by atoms with Crippen LogP contribution in [0.25, 0.3) is 0 Å². The van der Waals surface area contributed by atoms with Gasteiger partial charge in [0.15, 0.2) is 5.96 Å². The number of benzene rings is 1. The summed E-state index contributed by atoms with van der Waals surface area (Å²) in [6, 6.07) is 11.8. The van der Waals surface area contributed by atoms with Gasteiger partial charge in [-0.3, -0.25) is 14.5 Å². The van der Waals surface area contributed by atoms with Gasteiger partial charge in [0.25, 0.3) is 0 Å². The van der Waals surface area contributed by atoms with Crippen molar-refractivity contribution in [1.29, 1.82) is 0 Å². The number of carbonyl (C=O) groups excluding carboxylic acids is 1. The van der Waals surface area contributed by atoms with E-state index in [0.717, 1.165) is 31.0 Å². The summed E-state index contributed by atoms with van der Waals surface area (Å²) in [6.07, 6.45) is 5.04. The van der Waals surface area contributed by atoms with E-state index < -0.39 is 0 Å². The highest BCUT2D eigenvalue weighted by atomic mass is 16.1. The molecule has 7 heteroatoms. The normalized spacial score (nSPS) is 11.2. The molecule has 0 saturated carbocycles. The van der Waals surface area contributed by atoms with Gasteiger partial charge in [0, 0.05) is 51.5 Å². The van der Waals surface area contributed by atoms with Crippen LogP contribution in [0, 0.1) is 0 Å². The number of carbonyl (C=O) groups is 1. The molecule has 26 heavy (non-hydrogen) atoms. The zero-order valence-corrected chi connectivity index (χ0v) is 15.3. The van der Waals surface area contributed by atoms with Crippen molar-refractivity contribution in [2.24, 2.45) is 4.99 Å². The number of aromatic nitrogens is 2. The van der Waals surface area contributed by atoms with Crippen LogP contribution in [0.4, 0.5) is 0 Å². The topological polar surface area (TPSA) is 83.3 Å². The van der Waals surface area contributed by atoms with Crippen LogP contribution >= 0.6 is 0 Å². The number of nitrogens with zero attached hydrogens (tertiary/aromatic N) is 3. The van der Waals surface area contributed by atoms with E-state index in [1.165, 1.54) is 0 Å². The lowest BCUT2D eigenvalue weighted by molar-refractivity contribution is -0.121. The number of aliphatic imine (C=N–C) groups is 1. The van der Waals surface area contributed by atoms with E-state index in [1.54, 1.807) is 6.20 Å². The summed E-state index contributed by atoms with van der Waals surface area (Å²) in [4.78, 5) is 16.5. The first kappa shape index (κ1) is 19.5. The predicted molar refractivity (Wildman–Crippen MR) is 104 cm³/mol. The van der Waals surface area contributed by atoms with Gasteiger partial charge < -0.3 is 16.0 Å². The first-order chi connectivity index (χ1) is 12.8. The van der Waals surface area contributed by atoms with Crippen molar-refractivity contribution in [3.05, 3.63) is 54.4 Å². The van der Waals surface area contributed by atoms with Crippen LogP contribution in [-0.2, 0) is 17.9 Å². The minimum Gasteiger partial charge on any atom is -0.357 e. The van der Waals surface area contributed by atoms with Crippen LogP contribution in [0.1, 0.15) is 25.3 Å². The lowest BCUT2D eigenvalue weighted by Gasteiger charge is -2.11. The third-order valence-electron chi connectivity index (χ3n) is 3.70. The van der Waals surface area contributed by atoms with Crippen molar-refractivity contribution in [3.8, 4) is 0 Å². The first-order valence-electron chi connectivity index (χ1n) is 9.08. The Balaban J connectivity index is 1.63. The molecule has 0 saturated heterocycles. The monoisotopic (exact) mass is 356 g/mol.